The molecule has 0 heterocycles. The van der Waals surface area contributed by atoms with E-state index in [4.69, 9.17) is 9.47 Å². The molecule has 1 amide bonds. The molecule has 1 N–H and O–H groups in total. The first-order chi connectivity index (χ1) is 13.8. The van der Waals surface area contributed by atoms with Gasteiger partial charge in [-0.3, -0.25) is 9.10 Å². The van der Waals surface area contributed by atoms with E-state index in [1.807, 2.05) is 31.2 Å². The fourth-order valence-corrected chi connectivity index (χ4v) is 3.83. The van der Waals surface area contributed by atoms with Crippen molar-refractivity contribution in [1.29, 1.82) is 0 Å². The molecule has 7 nitrogen and oxygen atoms in total. The van der Waals surface area contributed by atoms with Crippen LogP contribution in [0.15, 0.2) is 48.5 Å². The van der Waals surface area contributed by atoms with Crippen molar-refractivity contribution in [2.45, 2.75) is 26.3 Å². The minimum Gasteiger partial charge on any atom is -0.497 e. The maximum Gasteiger partial charge on any atom is 0.232 e. The van der Waals surface area contributed by atoms with Gasteiger partial charge in [-0.1, -0.05) is 24.3 Å². The standard InChI is InChI=1S/C21H28N2O5S/c1-4-28-20-12-6-5-11-19(20)23(29(3,25)26)14-8-13-21(24)22-16-17-9-7-10-18(15-17)27-2/h5-7,9-12,15H,4,8,13-14,16H2,1-3H3,(H,22,24). The van der Waals surface area contributed by atoms with Crippen molar-refractivity contribution in [2.24, 2.45) is 0 Å². The number of para-hydroxylation sites is 2. The van der Waals surface area contributed by atoms with Gasteiger partial charge in [-0.2, -0.15) is 0 Å². The Morgan fingerprint density at radius 2 is 1.90 bits per heavy atom. The van der Waals surface area contributed by atoms with Crippen molar-refractivity contribution in [3.05, 3.63) is 54.1 Å². The Morgan fingerprint density at radius 3 is 2.59 bits per heavy atom. The molecule has 0 radical (unpaired) electrons. The summed E-state index contributed by atoms with van der Waals surface area (Å²) in [7, 11) is -1.92. The molecule has 0 aliphatic carbocycles. The van der Waals surface area contributed by atoms with Gasteiger partial charge in [0, 0.05) is 19.5 Å². The summed E-state index contributed by atoms with van der Waals surface area (Å²) in [6.45, 7) is 2.85. The summed E-state index contributed by atoms with van der Waals surface area (Å²) in [5, 5.41) is 2.85. The molecule has 0 saturated heterocycles. The van der Waals surface area contributed by atoms with Crippen molar-refractivity contribution < 1.29 is 22.7 Å². The first kappa shape index (κ1) is 22.5. The maximum absolute atomic E-state index is 12.3. The van der Waals surface area contributed by atoms with Gasteiger partial charge in [-0.25, -0.2) is 8.42 Å². The highest BCUT2D eigenvalue weighted by atomic mass is 32.2. The van der Waals surface area contributed by atoms with Crippen LogP contribution in [0.5, 0.6) is 11.5 Å². The second-order valence-corrected chi connectivity index (χ2v) is 8.37. The Kier molecular flexibility index (Phi) is 8.33. The normalized spacial score (nSPS) is 11.0. The van der Waals surface area contributed by atoms with Crippen molar-refractivity contribution in [2.75, 3.05) is 30.8 Å². The van der Waals surface area contributed by atoms with E-state index in [0.717, 1.165) is 17.6 Å². The summed E-state index contributed by atoms with van der Waals surface area (Å²) < 4.78 is 36.6. The Balaban J connectivity index is 1.94. The number of nitrogens with zero attached hydrogens (tertiary/aromatic N) is 1. The second-order valence-electron chi connectivity index (χ2n) is 6.47. The highest BCUT2D eigenvalue weighted by molar-refractivity contribution is 7.92. The smallest absolute Gasteiger partial charge is 0.232 e. The highest BCUT2D eigenvalue weighted by Crippen LogP contribution is 2.30. The van der Waals surface area contributed by atoms with Gasteiger partial charge in [0.05, 0.1) is 25.7 Å². The van der Waals surface area contributed by atoms with Gasteiger partial charge in [0.25, 0.3) is 0 Å². The largest absolute Gasteiger partial charge is 0.497 e. The quantitative estimate of drug-likeness (QED) is 0.604. The SMILES string of the molecule is CCOc1ccccc1N(CCCC(=O)NCc1cccc(OC)c1)S(C)(=O)=O. The summed E-state index contributed by atoms with van der Waals surface area (Å²) >= 11 is 0. The van der Waals surface area contributed by atoms with Crippen molar-refractivity contribution in [1.82, 2.24) is 5.32 Å². The fourth-order valence-electron chi connectivity index (χ4n) is 2.86. The summed E-state index contributed by atoms with van der Waals surface area (Å²) in [6, 6.07) is 14.4. The number of rotatable bonds is 11. The van der Waals surface area contributed by atoms with E-state index in [9.17, 15) is 13.2 Å². The van der Waals surface area contributed by atoms with Crippen LogP contribution < -0.4 is 19.1 Å². The van der Waals surface area contributed by atoms with Crippen LogP contribution in [0.1, 0.15) is 25.3 Å². The van der Waals surface area contributed by atoms with Crippen LogP contribution in [0.2, 0.25) is 0 Å². The van der Waals surface area contributed by atoms with Gasteiger partial charge >= 0.3 is 0 Å². The number of benzene rings is 2. The first-order valence-electron chi connectivity index (χ1n) is 9.44. The summed E-state index contributed by atoms with van der Waals surface area (Å²) in [5.74, 6) is 1.09. The predicted octanol–water partition coefficient (Wildman–Crippen LogP) is 2.96. The molecule has 158 valence electrons. The van der Waals surface area contributed by atoms with E-state index in [0.29, 0.717) is 31.0 Å². The van der Waals surface area contributed by atoms with Gasteiger partial charge < -0.3 is 14.8 Å². The molecular weight excluding hydrogens is 392 g/mol. The van der Waals surface area contributed by atoms with E-state index in [1.54, 1.807) is 31.4 Å². The number of methoxy groups -OCH3 is 1. The molecule has 2 aromatic carbocycles. The van der Waals surface area contributed by atoms with Crippen LogP contribution in [-0.2, 0) is 21.4 Å². The molecule has 0 aromatic heterocycles. The Hall–Kier alpha value is -2.74. The predicted molar refractivity (Wildman–Crippen MR) is 114 cm³/mol. The third kappa shape index (κ3) is 6.98. The molecule has 0 unspecified atom stereocenters. The van der Waals surface area contributed by atoms with Crippen molar-refractivity contribution in [3.63, 3.8) is 0 Å². The topological polar surface area (TPSA) is 84.9 Å². The summed E-state index contributed by atoms with van der Waals surface area (Å²) in [6.07, 6.45) is 1.75. The maximum atomic E-state index is 12.3. The number of carbonyl (C=O) groups is 1. The summed E-state index contributed by atoms with van der Waals surface area (Å²) in [4.78, 5) is 12.2. The van der Waals surface area contributed by atoms with Crippen LogP contribution >= 0.6 is 0 Å². The van der Waals surface area contributed by atoms with Crippen LogP contribution in [0, 0.1) is 0 Å². The van der Waals surface area contributed by atoms with Gasteiger partial charge in [0.1, 0.15) is 11.5 Å². The van der Waals surface area contributed by atoms with E-state index in [-0.39, 0.29) is 18.9 Å². The lowest BCUT2D eigenvalue weighted by Crippen LogP contribution is -2.32. The molecule has 0 atom stereocenters. The molecule has 0 bridgehead atoms. The number of carbonyl (C=O) groups excluding carboxylic acids is 1. The van der Waals surface area contributed by atoms with Crippen LogP contribution in [0.25, 0.3) is 0 Å². The molecule has 0 fully saturated rings. The van der Waals surface area contributed by atoms with E-state index in [1.165, 1.54) is 4.31 Å². The zero-order chi connectivity index (χ0) is 21.3. The highest BCUT2D eigenvalue weighted by Gasteiger charge is 2.21. The zero-order valence-corrected chi connectivity index (χ0v) is 17.9. The lowest BCUT2D eigenvalue weighted by molar-refractivity contribution is -0.121. The van der Waals surface area contributed by atoms with Crippen LogP contribution in [0.4, 0.5) is 5.69 Å². The Labute approximate surface area is 172 Å². The minimum atomic E-state index is -3.51. The monoisotopic (exact) mass is 420 g/mol. The molecule has 0 aliphatic heterocycles. The number of anilines is 1. The lowest BCUT2D eigenvalue weighted by atomic mass is 10.2. The molecule has 29 heavy (non-hydrogen) atoms. The molecule has 0 aliphatic rings. The number of amides is 1. The van der Waals surface area contributed by atoms with Crippen LogP contribution in [-0.4, -0.2) is 40.8 Å². The molecule has 8 heteroatoms. The number of nitrogens with one attached hydrogen (secondary N) is 1. The second kappa shape index (κ2) is 10.7. The van der Waals surface area contributed by atoms with Gasteiger partial charge in [0.2, 0.25) is 15.9 Å². The third-order valence-corrected chi connectivity index (χ3v) is 5.40. The Bertz CT molecular complexity index is 915. The van der Waals surface area contributed by atoms with E-state index >= 15 is 0 Å². The first-order valence-corrected chi connectivity index (χ1v) is 11.3. The van der Waals surface area contributed by atoms with Gasteiger partial charge in [-0.05, 0) is 43.2 Å². The van der Waals surface area contributed by atoms with Crippen molar-refractivity contribution in [3.8, 4) is 11.5 Å². The number of sulfonamides is 1. The number of hydrogen-bond donors (Lipinski definition) is 1. The van der Waals surface area contributed by atoms with Gasteiger partial charge in [-0.15, -0.1) is 0 Å². The fraction of sp³-hybridized carbons (Fsp3) is 0.381. The molecule has 2 rings (SSSR count). The summed E-state index contributed by atoms with van der Waals surface area (Å²) in [5.41, 5.74) is 1.41. The van der Waals surface area contributed by atoms with Gasteiger partial charge in [0.15, 0.2) is 0 Å². The number of hydrogen-bond acceptors (Lipinski definition) is 5. The van der Waals surface area contributed by atoms with Crippen LogP contribution in [0.3, 0.4) is 0 Å². The molecular formula is C21H28N2O5S. The Morgan fingerprint density at radius 1 is 1.14 bits per heavy atom. The number of ether oxygens (including phenoxy) is 2. The van der Waals surface area contributed by atoms with E-state index < -0.39 is 10.0 Å². The van der Waals surface area contributed by atoms with E-state index in [2.05, 4.69) is 5.32 Å². The molecule has 0 saturated carbocycles. The third-order valence-electron chi connectivity index (χ3n) is 4.22. The lowest BCUT2D eigenvalue weighted by Gasteiger charge is -2.24. The molecule has 2 aromatic rings. The average Bonchev–Trinajstić information content (AvgIpc) is 2.70. The molecule has 0 spiro atoms. The minimum absolute atomic E-state index is 0.139. The average molecular weight is 421 g/mol. The zero-order valence-electron chi connectivity index (χ0n) is 17.1. The van der Waals surface area contributed by atoms with Crippen molar-refractivity contribution >= 4 is 21.6 Å².